The fourth-order valence-electron chi connectivity index (χ4n) is 4.11. The van der Waals surface area contributed by atoms with Gasteiger partial charge in [-0.15, -0.1) is 0 Å². The number of ether oxygens (including phenoxy) is 1. The Morgan fingerprint density at radius 1 is 1.10 bits per heavy atom. The molecule has 1 saturated heterocycles. The molecular formula is C25H35N3O2. The molecular weight excluding hydrogens is 374 g/mol. The minimum absolute atomic E-state index is 0.0213. The van der Waals surface area contributed by atoms with Crippen LogP contribution < -0.4 is 15.0 Å². The second-order valence-corrected chi connectivity index (χ2v) is 8.38. The van der Waals surface area contributed by atoms with Crippen molar-refractivity contribution in [2.75, 3.05) is 45.2 Å². The maximum Gasteiger partial charge on any atom is 0.234 e. The standard InChI is InChI=1S/C25H35N3O2/c1-5-30-24-12-10-23(11-13-24)28-16-14-22(15-17-28)21-8-6-20(7-9-21)19(2)26-25(29)18-27(3)4/h6-13,19,22H,5,14-18H2,1-4H3,(H,26,29). The van der Waals surface area contributed by atoms with E-state index in [4.69, 9.17) is 4.74 Å². The predicted molar refractivity (Wildman–Crippen MR) is 123 cm³/mol. The number of benzene rings is 2. The average molecular weight is 410 g/mol. The molecule has 30 heavy (non-hydrogen) atoms. The van der Waals surface area contributed by atoms with E-state index in [1.807, 2.05) is 32.8 Å². The van der Waals surface area contributed by atoms with Crippen LogP contribution in [0, 0.1) is 0 Å². The van der Waals surface area contributed by atoms with Gasteiger partial charge in [0.15, 0.2) is 0 Å². The molecule has 0 aromatic heterocycles. The number of hydrogen-bond donors (Lipinski definition) is 1. The summed E-state index contributed by atoms with van der Waals surface area (Å²) in [5.74, 6) is 1.58. The van der Waals surface area contributed by atoms with Crippen LogP contribution in [0.25, 0.3) is 0 Å². The molecule has 0 radical (unpaired) electrons. The molecule has 1 unspecified atom stereocenters. The van der Waals surface area contributed by atoms with Crippen molar-refractivity contribution in [3.05, 3.63) is 59.7 Å². The fourth-order valence-corrected chi connectivity index (χ4v) is 4.11. The van der Waals surface area contributed by atoms with Gasteiger partial charge in [0.25, 0.3) is 0 Å². The van der Waals surface area contributed by atoms with E-state index in [2.05, 4.69) is 58.7 Å². The van der Waals surface area contributed by atoms with Crippen molar-refractivity contribution in [1.29, 1.82) is 0 Å². The monoisotopic (exact) mass is 409 g/mol. The number of hydrogen-bond acceptors (Lipinski definition) is 4. The van der Waals surface area contributed by atoms with Crippen molar-refractivity contribution in [2.24, 2.45) is 0 Å². The first kappa shape index (κ1) is 22.2. The molecule has 2 aromatic carbocycles. The van der Waals surface area contributed by atoms with Crippen LogP contribution in [0.5, 0.6) is 5.75 Å². The predicted octanol–water partition coefficient (Wildman–Crippen LogP) is 4.21. The Hall–Kier alpha value is -2.53. The Bertz CT molecular complexity index is 794. The number of nitrogens with one attached hydrogen (secondary N) is 1. The summed E-state index contributed by atoms with van der Waals surface area (Å²) in [7, 11) is 3.81. The van der Waals surface area contributed by atoms with E-state index >= 15 is 0 Å². The fraction of sp³-hybridized carbons (Fsp3) is 0.480. The van der Waals surface area contributed by atoms with Crippen LogP contribution in [0.3, 0.4) is 0 Å². The van der Waals surface area contributed by atoms with Gasteiger partial charge in [-0.1, -0.05) is 24.3 Å². The summed E-state index contributed by atoms with van der Waals surface area (Å²) >= 11 is 0. The van der Waals surface area contributed by atoms with E-state index in [1.54, 1.807) is 0 Å². The molecule has 2 aromatic rings. The van der Waals surface area contributed by atoms with E-state index in [0.717, 1.165) is 37.2 Å². The van der Waals surface area contributed by atoms with Gasteiger partial charge in [0.1, 0.15) is 5.75 Å². The Morgan fingerprint density at radius 3 is 2.30 bits per heavy atom. The Labute approximate surface area is 181 Å². The molecule has 1 amide bonds. The molecule has 0 bridgehead atoms. The van der Waals surface area contributed by atoms with Crippen molar-refractivity contribution in [3.8, 4) is 5.75 Å². The minimum atomic E-state index is 0.0213. The Kier molecular flexibility index (Phi) is 7.75. The van der Waals surface area contributed by atoms with Crippen LogP contribution in [0.2, 0.25) is 0 Å². The van der Waals surface area contributed by atoms with E-state index in [0.29, 0.717) is 19.1 Å². The highest BCUT2D eigenvalue weighted by molar-refractivity contribution is 5.78. The first-order chi connectivity index (χ1) is 14.5. The van der Waals surface area contributed by atoms with E-state index in [-0.39, 0.29) is 11.9 Å². The lowest BCUT2D eigenvalue weighted by atomic mass is 9.88. The van der Waals surface area contributed by atoms with Crippen molar-refractivity contribution >= 4 is 11.6 Å². The third-order valence-corrected chi connectivity index (χ3v) is 5.75. The summed E-state index contributed by atoms with van der Waals surface area (Å²) in [6, 6.07) is 17.3. The number of anilines is 1. The third-order valence-electron chi connectivity index (χ3n) is 5.75. The van der Waals surface area contributed by atoms with Crippen molar-refractivity contribution < 1.29 is 9.53 Å². The molecule has 3 rings (SSSR count). The van der Waals surface area contributed by atoms with Gasteiger partial charge in [0, 0.05) is 18.8 Å². The highest BCUT2D eigenvalue weighted by Gasteiger charge is 2.21. The van der Waals surface area contributed by atoms with Crippen LogP contribution in [0.1, 0.15) is 49.8 Å². The summed E-state index contributed by atoms with van der Waals surface area (Å²) in [5.41, 5.74) is 3.82. The summed E-state index contributed by atoms with van der Waals surface area (Å²) in [6.45, 7) is 7.29. The number of piperidine rings is 1. The van der Waals surface area contributed by atoms with Gasteiger partial charge < -0.3 is 19.9 Å². The summed E-state index contributed by atoms with van der Waals surface area (Å²) < 4.78 is 5.54. The summed E-state index contributed by atoms with van der Waals surface area (Å²) in [5, 5.41) is 3.07. The third kappa shape index (κ3) is 5.99. The molecule has 1 heterocycles. The number of rotatable bonds is 8. The van der Waals surface area contributed by atoms with Crippen LogP contribution in [0.4, 0.5) is 5.69 Å². The summed E-state index contributed by atoms with van der Waals surface area (Å²) in [4.78, 5) is 16.3. The number of carbonyl (C=O) groups is 1. The SMILES string of the molecule is CCOc1ccc(N2CCC(c3ccc(C(C)NC(=O)CN(C)C)cc3)CC2)cc1. The molecule has 1 N–H and O–H groups in total. The molecule has 162 valence electrons. The van der Waals surface area contributed by atoms with E-state index in [1.165, 1.54) is 11.3 Å². The largest absolute Gasteiger partial charge is 0.494 e. The number of nitrogens with zero attached hydrogens (tertiary/aromatic N) is 2. The minimum Gasteiger partial charge on any atom is -0.494 e. The number of likely N-dealkylation sites (N-methyl/N-ethyl adjacent to an activating group) is 1. The zero-order chi connectivity index (χ0) is 21.5. The van der Waals surface area contributed by atoms with E-state index in [9.17, 15) is 4.79 Å². The van der Waals surface area contributed by atoms with Crippen molar-refractivity contribution in [2.45, 2.75) is 38.6 Å². The van der Waals surface area contributed by atoms with Crippen LogP contribution >= 0.6 is 0 Å². The Balaban J connectivity index is 1.52. The van der Waals surface area contributed by atoms with Gasteiger partial charge in [0.05, 0.1) is 19.2 Å². The molecule has 0 saturated carbocycles. The molecule has 1 aliphatic rings. The van der Waals surface area contributed by atoms with Gasteiger partial charge in [-0.25, -0.2) is 0 Å². The van der Waals surface area contributed by atoms with Gasteiger partial charge >= 0.3 is 0 Å². The van der Waals surface area contributed by atoms with Crippen LogP contribution in [0.15, 0.2) is 48.5 Å². The first-order valence-corrected chi connectivity index (χ1v) is 11.0. The lowest BCUT2D eigenvalue weighted by Crippen LogP contribution is -2.34. The van der Waals surface area contributed by atoms with Gasteiger partial charge in [-0.2, -0.15) is 0 Å². The molecule has 1 fully saturated rings. The van der Waals surface area contributed by atoms with Crippen LogP contribution in [-0.2, 0) is 4.79 Å². The molecule has 5 heteroatoms. The lowest BCUT2D eigenvalue weighted by Gasteiger charge is -2.34. The zero-order valence-corrected chi connectivity index (χ0v) is 18.7. The highest BCUT2D eigenvalue weighted by Crippen LogP contribution is 2.31. The maximum atomic E-state index is 12.0. The summed E-state index contributed by atoms with van der Waals surface area (Å²) in [6.07, 6.45) is 2.31. The van der Waals surface area contributed by atoms with Crippen molar-refractivity contribution in [1.82, 2.24) is 10.2 Å². The molecule has 5 nitrogen and oxygen atoms in total. The number of carbonyl (C=O) groups excluding carboxylic acids is 1. The van der Waals surface area contributed by atoms with Crippen molar-refractivity contribution in [3.63, 3.8) is 0 Å². The quantitative estimate of drug-likeness (QED) is 0.709. The second-order valence-electron chi connectivity index (χ2n) is 8.38. The lowest BCUT2D eigenvalue weighted by molar-refractivity contribution is -0.122. The van der Waals surface area contributed by atoms with Gasteiger partial charge in [-0.05, 0) is 82.1 Å². The first-order valence-electron chi connectivity index (χ1n) is 11.0. The van der Waals surface area contributed by atoms with Gasteiger partial charge in [0.2, 0.25) is 5.91 Å². The van der Waals surface area contributed by atoms with Crippen LogP contribution in [-0.4, -0.2) is 51.1 Å². The molecule has 0 aliphatic carbocycles. The molecule has 1 aliphatic heterocycles. The zero-order valence-electron chi connectivity index (χ0n) is 18.7. The molecule has 1 atom stereocenters. The smallest absolute Gasteiger partial charge is 0.234 e. The maximum absolute atomic E-state index is 12.0. The normalized spacial score (nSPS) is 15.8. The topological polar surface area (TPSA) is 44.8 Å². The second kappa shape index (κ2) is 10.5. The number of amides is 1. The van der Waals surface area contributed by atoms with Gasteiger partial charge in [-0.3, -0.25) is 4.79 Å². The molecule has 0 spiro atoms. The van der Waals surface area contributed by atoms with E-state index < -0.39 is 0 Å². The average Bonchev–Trinajstić information content (AvgIpc) is 2.74. The Morgan fingerprint density at radius 2 is 1.73 bits per heavy atom. The highest BCUT2D eigenvalue weighted by atomic mass is 16.5.